The SMILES string of the molecule is COc1ccc(SCc2nc(N)nc(N)n2)cc1. The van der Waals surface area contributed by atoms with Gasteiger partial charge in [0.25, 0.3) is 0 Å². The third-order valence-electron chi connectivity index (χ3n) is 2.14. The molecule has 7 heteroatoms. The summed E-state index contributed by atoms with van der Waals surface area (Å²) in [5, 5.41) is 0. The molecule has 1 aromatic heterocycles. The van der Waals surface area contributed by atoms with Gasteiger partial charge in [-0.25, -0.2) is 0 Å². The Morgan fingerprint density at radius 1 is 1.06 bits per heavy atom. The molecular weight excluding hydrogens is 250 g/mol. The first-order valence-electron chi connectivity index (χ1n) is 5.20. The number of anilines is 2. The van der Waals surface area contributed by atoms with Crippen LogP contribution in [0.25, 0.3) is 0 Å². The molecule has 0 saturated carbocycles. The number of hydrogen-bond donors (Lipinski definition) is 2. The molecule has 0 aliphatic rings. The first-order valence-corrected chi connectivity index (χ1v) is 6.18. The maximum Gasteiger partial charge on any atom is 0.225 e. The number of nitrogens with two attached hydrogens (primary N) is 2. The van der Waals surface area contributed by atoms with Crippen molar-refractivity contribution in [3.8, 4) is 5.75 Å². The van der Waals surface area contributed by atoms with E-state index in [1.165, 1.54) is 0 Å². The lowest BCUT2D eigenvalue weighted by Crippen LogP contribution is -2.05. The summed E-state index contributed by atoms with van der Waals surface area (Å²) in [4.78, 5) is 12.8. The van der Waals surface area contributed by atoms with E-state index in [9.17, 15) is 0 Å². The lowest BCUT2D eigenvalue weighted by Gasteiger charge is -2.03. The maximum absolute atomic E-state index is 5.50. The zero-order chi connectivity index (χ0) is 13.0. The maximum atomic E-state index is 5.50. The Bertz CT molecular complexity index is 511. The molecule has 0 unspecified atom stereocenters. The molecule has 0 amide bonds. The molecule has 0 spiro atoms. The van der Waals surface area contributed by atoms with Gasteiger partial charge in [0, 0.05) is 4.90 Å². The lowest BCUT2D eigenvalue weighted by atomic mass is 10.3. The van der Waals surface area contributed by atoms with Gasteiger partial charge in [0.15, 0.2) is 0 Å². The van der Waals surface area contributed by atoms with Crippen LogP contribution in [0.2, 0.25) is 0 Å². The summed E-state index contributed by atoms with van der Waals surface area (Å²) in [5.74, 6) is 2.28. The zero-order valence-corrected chi connectivity index (χ0v) is 10.6. The molecule has 18 heavy (non-hydrogen) atoms. The monoisotopic (exact) mass is 263 g/mol. The number of nitrogen functional groups attached to an aromatic ring is 2. The van der Waals surface area contributed by atoms with Gasteiger partial charge in [0.05, 0.1) is 12.9 Å². The summed E-state index contributed by atoms with van der Waals surface area (Å²) >= 11 is 1.59. The third-order valence-corrected chi connectivity index (χ3v) is 3.15. The summed E-state index contributed by atoms with van der Waals surface area (Å²) in [7, 11) is 1.64. The first kappa shape index (κ1) is 12.4. The third kappa shape index (κ3) is 3.24. The number of benzene rings is 1. The number of thioether (sulfide) groups is 1. The second-order valence-electron chi connectivity index (χ2n) is 3.43. The molecule has 94 valence electrons. The van der Waals surface area contributed by atoms with Gasteiger partial charge in [-0.1, -0.05) is 0 Å². The number of hydrogen-bond acceptors (Lipinski definition) is 7. The van der Waals surface area contributed by atoms with Crippen LogP contribution in [0.4, 0.5) is 11.9 Å². The van der Waals surface area contributed by atoms with Crippen LogP contribution in [-0.2, 0) is 5.75 Å². The molecule has 0 aliphatic heterocycles. The summed E-state index contributed by atoms with van der Waals surface area (Å²) < 4.78 is 5.09. The van der Waals surface area contributed by atoms with Gasteiger partial charge in [-0.2, -0.15) is 15.0 Å². The number of methoxy groups -OCH3 is 1. The predicted molar refractivity (Wildman–Crippen MR) is 71.2 cm³/mol. The molecule has 1 aromatic carbocycles. The Hall–Kier alpha value is -2.02. The highest BCUT2D eigenvalue weighted by molar-refractivity contribution is 7.98. The van der Waals surface area contributed by atoms with Gasteiger partial charge >= 0.3 is 0 Å². The number of nitrogens with zero attached hydrogens (tertiary/aromatic N) is 3. The van der Waals surface area contributed by atoms with Crippen molar-refractivity contribution in [3.05, 3.63) is 30.1 Å². The zero-order valence-electron chi connectivity index (χ0n) is 9.83. The van der Waals surface area contributed by atoms with E-state index in [0.29, 0.717) is 11.6 Å². The highest BCUT2D eigenvalue weighted by atomic mass is 32.2. The highest BCUT2D eigenvalue weighted by Gasteiger charge is 2.03. The van der Waals surface area contributed by atoms with Crippen molar-refractivity contribution in [1.82, 2.24) is 15.0 Å². The highest BCUT2D eigenvalue weighted by Crippen LogP contribution is 2.23. The van der Waals surface area contributed by atoms with Gasteiger partial charge in [-0.3, -0.25) is 0 Å². The van der Waals surface area contributed by atoms with E-state index in [1.54, 1.807) is 18.9 Å². The molecule has 6 nitrogen and oxygen atoms in total. The van der Waals surface area contributed by atoms with Crippen LogP contribution in [0, 0.1) is 0 Å². The average molecular weight is 263 g/mol. The van der Waals surface area contributed by atoms with Crippen molar-refractivity contribution in [2.75, 3.05) is 18.6 Å². The smallest absolute Gasteiger partial charge is 0.225 e. The Labute approximate surface area is 109 Å². The minimum absolute atomic E-state index is 0.146. The van der Waals surface area contributed by atoms with Crippen molar-refractivity contribution in [2.45, 2.75) is 10.6 Å². The van der Waals surface area contributed by atoms with E-state index >= 15 is 0 Å². The van der Waals surface area contributed by atoms with Crippen LogP contribution in [0.5, 0.6) is 5.75 Å². The molecule has 0 atom stereocenters. The van der Waals surface area contributed by atoms with Crippen molar-refractivity contribution < 1.29 is 4.74 Å². The van der Waals surface area contributed by atoms with Crippen LogP contribution in [-0.4, -0.2) is 22.1 Å². The summed E-state index contributed by atoms with van der Waals surface area (Å²) in [6.07, 6.45) is 0. The molecule has 0 fully saturated rings. The summed E-state index contributed by atoms with van der Waals surface area (Å²) in [6, 6.07) is 7.74. The Kier molecular flexibility index (Phi) is 3.83. The number of rotatable bonds is 4. The summed E-state index contributed by atoms with van der Waals surface area (Å²) in [6.45, 7) is 0. The van der Waals surface area contributed by atoms with Gasteiger partial charge in [-0.15, -0.1) is 11.8 Å². The second-order valence-corrected chi connectivity index (χ2v) is 4.48. The van der Waals surface area contributed by atoms with Gasteiger partial charge < -0.3 is 16.2 Å². The Morgan fingerprint density at radius 2 is 1.67 bits per heavy atom. The van der Waals surface area contributed by atoms with Crippen LogP contribution < -0.4 is 16.2 Å². The Balaban J connectivity index is 2.01. The van der Waals surface area contributed by atoms with Crippen LogP contribution in [0.1, 0.15) is 5.82 Å². The molecule has 2 rings (SSSR count). The van der Waals surface area contributed by atoms with E-state index in [0.717, 1.165) is 10.6 Å². The molecule has 0 aliphatic carbocycles. The molecule has 0 radical (unpaired) electrons. The number of aromatic nitrogens is 3. The average Bonchev–Trinajstić information content (AvgIpc) is 2.36. The van der Waals surface area contributed by atoms with Crippen LogP contribution in [0.15, 0.2) is 29.2 Å². The second kappa shape index (κ2) is 5.54. The summed E-state index contributed by atoms with van der Waals surface area (Å²) in [5.41, 5.74) is 11.0. The van der Waals surface area contributed by atoms with E-state index in [2.05, 4.69) is 15.0 Å². The topological polar surface area (TPSA) is 99.9 Å². The van der Waals surface area contributed by atoms with Crippen LogP contribution >= 0.6 is 11.8 Å². The van der Waals surface area contributed by atoms with Crippen molar-refractivity contribution in [1.29, 1.82) is 0 Å². The van der Waals surface area contributed by atoms with Crippen molar-refractivity contribution >= 4 is 23.7 Å². The molecular formula is C11H13N5OS. The van der Waals surface area contributed by atoms with Crippen molar-refractivity contribution in [3.63, 3.8) is 0 Å². The fourth-order valence-electron chi connectivity index (χ4n) is 1.34. The fraction of sp³-hybridized carbons (Fsp3) is 0.182. The quantitative estimate of drug-likeness (QED) is 0.803. The van der Waals surface area contributed by atoms with Gasteiger partial charge in [0.1, 0.15) is 11.6 Å². The largest absolute Gasteiger partial charge is 0.497 e. The molecule has 4 N–H and O–H groups in total. The molecule has 0 bridgehead atoms. The van der Waals surface area contributed by atoms with Gasteiger partial charge in [0.2, 0.25) is 11.9 Å². The lowest BCUT2D eigenvalue weighted by molar-refractivity contribution is 0.414. The van der Waals surface area contributed by atoms with E-state index in [1.807, 2.05) is 24.3 Å². The van der Waals surface area contributed by atoms with E-state index < -0.39 is 0 Å². The van der Waals surface area contributed by atoms with Crippen LogP contribution in [0.3, 0.4) is 0 Å². The first-order chi connectivity index (χ1) is 8.67. The van der Waals surface area contributed by atoms with Crippen molar-refractivity contribution in [2.24, 2.45) is 0 Å². The molecule has 2 aromatic rings. The Morgan fingerprint density at radius 3 is 2.22 bits per heavy atom. The van der Waals surface area contributed by atoms with Gasteiger partial charge in [-0.05, 0) is 24.3 Å². The fourth-order valence-corrected chi connectivity index (χ4v) is 2.09. The number of ether oxygens (including phenoxy) is 1. The molecule has 0 saturated heterocycles. The predicted octanol–water partition coefficient (Wildman–Crippen LogP) is 1.34. The molecule has 1 heterocycles. The standard InChI is InChI=1S/C11H13N5OS/c1-17-7-2-4-8(5-3-7)18-6-9-14-10(12)16-11(13)15-9/h2-5H,6H2,1H3,(H4,12,13,14,15,16). The van der Waals surface area contributed by atoms with E-state index in [-0.39, 0.29) is 11.9 Å². The minimum atomic E-state index is 0.146. The van der Waals surface area contributed by atoms with E-state index in [4.69, 9.17) is 16.2 Å². The normalized spacial score (nSPS) is 10.3. The minimum Gasteiger partial charge on any atom is -0.497 e.